The summed E-state index contributed by atoms with van der Waals surface area (Å²) in [6, 6.07) is 6.22. The first-order chi connectivity index (χ1) is 10.8. The summed E-state index contributed by atoms with van der Waals surface area (Å²) in [6.07, 6.45) is -4.59. The fourth-order valence-corrected chi connectivity index (χ4v) is 2.71. The molecule has 0 aromatic heterocycles. The van der Waals surface area contributed by atoms with Gasteiger partial charge >= 0.3 is 6.18 Å². The van der Waals surface area contributed by atoms with Gasteiger partial charge in [-0.05, 0) is 31.0 Å². The van der Waals surface area contributed by atoms with Gasteiger partial charge in [-0.1, -0.05) is 18.2 Å². The predicted octanol–water partition coefficient (Wildman–Crippen LogP) is 2.03. The molecule has 126 valence electrons. The lowest BCUT2D eigenvalue weighted by Crippen LogP contribution is -2.39. The van der Waals surface area contributed by atoms with Crippen molar-refractivity contribution in [3.63, 3.8) is 0 Å². The molecule has 5 nitrogen and oxygen atoms in total. The van der Waals surface area contributed by atoms with E-state index in [1.165, 1.54) is 0 Å². The van der Waals surface area contributed by atoms with Crippen molar-refractivity contribution in [2.45, 2.75) is 38.0 Å². The molecular formula is C15H18F3N3O2. The zero-order chi connectivity index (χ0) is 17.0. The molecule has 0 unspecified atom stereocenters. The maximum Gasteiger partial charge on any atom is 0.397 e. The monoisotopic (exact) mass is 329 g/mol. The minimum absolute atomic E-state index is 0.317. The van der Waals surface area contributed by atoms with Crippen molar-refractivity contribution in [3.8, 4) is 0 Å². The third kappa shape index (κ3) is 4.95. The van der Waals surface area contributed by atoms with Gasteiger partial charge in [-0.15, -0.1) is 0 Å². The van der Waals surface area contributed by atoms with Crippen LogP contribution in [0.5, 0.6) is 0 Å². The number of primary amides is 1. The maximum atomic E-state index is 12.3. The molecule has 1 atom stereocenters. The van der Waals surface area contributed by atoms with Crippen molar-refractivity contribution in [1.82, 2.24) is 4.90 Å². The Labute approximate surface area is 131 Å². The molecule has 2 rings (SSSR count). The minimum atomic E-state index is -4.55. The SMILES string of the molecule is NC(=O)[C@H]1CCCN1Cc1ccccc1NC(=O)CC(F)(F)F. The summed E-state index contributed by atoms with van der Waals surface area (Å²) in [5, 5.41) is 2.28. The van der Waals surface area contributed by atoms with Crippen LogP contribution in [0.3, 0.4) is 0 Å². The van der Waals surface area contributed by atoms with E-state index in [9.17, 15) is 22.8 Å². The van der Waals surface area contributed by atoms with Crippen LogP contribution in [0.2, 0.25) is 0 Å². The van der Waals surface area contributed by atoms with Crippen molar-refractivity contribution in [2.24, 2.45) is 5.73 Å². The molecule has 0 saturated carbocycles. The number of nitrogens with two attached hydrogens (primary N) is 1. The molecule has 1 heterocycles. The third-order valence-corrected chi connectivity index (χ3v) is 3.72. The molecule has 0 aliphatic carbocycles. The molecule has 8 heteroatoms. The van der Waals surface area contributed by atoms with Crippen LogP contribution < -0.4 is 11.1 Å². The average Bonchev–Trinajstić information content (AvgIpc) is 2.87. The molecular weight excluding hydrogens is 311 g/mol. The van der Waals surface area contributed by atoms with Crippen LogP contribution in [0.4, 0.5) is 18.9 Å². The molecule has 0 spiro atoms. The fourth-order valence-electron chi connectivity index (χ4n) is 2.71. The van der Waals surface area contributed by atoms with E-state index in [4.69, 9.17) is 5.73 Å². The fraction of sp³-hybridized carbons (Fsp3) is 0.467. The van der Waals surface area contributed by atoms with Gasteiger partial charge in [-0.25, -0.2) is 0 Å². The Kier molecular flexibility index (Phi) is 5.25. The Morgan fingerprint density at radius 1 is 1.30 bits per heavy atom. The summed E-state index contributed by atoms with van der Waals surface area (Å²) in [5.74, 6) is -1.53. The highest BCUT2D eigenvalue weighted by Gasteiger charge is 2.32. The van der Waals surface area contributed by atoms with Crippen molar-refractivity contribution in [2.75, 3.05) is 11.9 Å². The number of nitrogens with zero attached hydrogens (tertiary/aromatic N) is 1. The molecule has 1 aliphatic heterocycles. The smallest absolute Gasteiger partial charge is 0.368 e. The molecule has 23 heavy (non-hydrogen) atoms. The second-order valence-corrected chi connectivity index (χ2v) is 5.53. The van der Waals surface area contributed by atoms with Crippen LogP contribution in [-0.4, -0.2) is 35.5 Å². The quantitative estimate of drug-likeness (QED) is 0.868. The number of amides is 2. The van der Waals surface area contributed by atoms with Gasteiger partial charge in [-0.2, -0.15) is 13.2 Å². The topological polar surface area (TPSA) is 75.4 Å². The number of halogens is 3. The molecule has 1 aromatic rings. The summed E-state index contributed by atoms with van der Waals surface area (Å²) < 4.78 is 36.8. The number of hydrogen-bond acceptors (Lipinski definition) is 3. The second-order valence-electron chi connectivity index (χ2n) is 5.53. The lowest BCUT2D eigenvalue weighted by molar-refractivity contribution is -0.150. The van der Waals surface area contributed by atoms with Crippen LogP contribution in [0, 0.1) is 0 Å². The van der Waals surface area contributed by atoms with Gasteiger partial charge in [0.2, 0.25) is 11.8 Å². The van der Waals surface area contributed by atoms with Gasteiger partial charge in [0, 0.05) is 12.2 Å². The average molecular weight is 329 g/mol. The van der Waals surface area contributed by atoms with Crippen LogP contribution in [0.25, 0.3) is 0 Å². The van der Waals surface area contributed by atoms with Crippen molar-refractivity contribution in [1.29, 1.82) is 0 Å². The van der Waals surface area contributed by atoms with Crippen LogP contribution >= 0.6 is 0 Å². The van der Waals surface area contributed by atoms with E-state index in [-0.39, 0.29) is 6.04 Å². The van der Waals surface area contributed by atoms with Gasteiger partial charge in [-0.3, -0.25) is 14.5 Å². The summed E-state index contributed by atoms with van der Waals surface area (Å²) in [5.41, 5.74) is 6.32. The predicted molar refractivity (Wildman–Crippen MR) is 78.4 cm³/mol. The van der Waals surface area contributed by atoms with Gasteiger partial charge < -0.3 is 11.1 Å². The maximum absolute atomic E-state index is 12.3. The summed E-state index contributed by atoms with van der Waals surface area (Å²) >= 11 is 0. The van der Waals surface area contributed by atoms with Crippen molar-refractivity contribution < 1.29 is 22.8 Å². The highest BCUT2D eigenvalue weighted by Crippen LogP contribution is 2.25. The van der Waals surface area contributed by atoms with Crippen molar-refractivity contribution >= 4 is 17.5 Å². The zero-order valence-electron chi connectivity index (χ0n) is 12.4. The number of anilines is 1. The minimum Gasteiger partial charge on any atom is -0.368 e. The number of carbonyl (C=O) groups is 2. The molecule has 3 N–H and O–H groups in total. The lowest BCUT2D eigenvalue weighted by Gasteiger charge is -2.23. The summed E-state index contributed by atoms with van der Waals surface area (Å²) in [4.78, 5) is 24.8. The van der Waals surface area contributed by atoms with Gasteiger partial charge in [0.1, 0.15) is 6.42 Å². The molecule has 1 aromatic carbocycles. The highest BCUT2D eigenvalue weighted by atomic mass is 19.4. The van der Waals surface area contributed by atoms with E-state index in [1.807, 2.05) is 4.90 Å². The summed E-state index contributed by atoms with van der Waals surface area (Å²) in [6.45, 7) is 1.02. The first-order valence-electron chi connectivity index (χ1n) is 7.24. The Hall–Kier alpha value is -2.09. The van der Waals surface area contributed by atoms with Gasteiger partial charge in [0.15, 0.2) is 0 Å². The number of nitrogens with one attached hydrogen (secondary N) is 1. The van der Waals surface area contributed by atoms with E-state index in [1.54, 1.807) is 24.3 Å². The van der Waals surface area contributed by atoms with Crippen LogP contribution in [-0.2, 0) is 16.1 Å². The standard InChI is InChI=1S/C15H18F3N3O2/c16-15(17,18)8-13(22)20-11-5-2-1-4-10(11)9-21-7-3-6-12(21)14(19)23/h1-2,4-5,12H,3,6-9H2,(H2,19,23)(H,20,22)/t12-/m1/s1. The molecule has 0 radical (unpaired) electrons. The number of para-hydroxylation sites is 1. The Morgan fingerprint density at radius 2 is 2.00 bits per heavy atom. The number of benzene rings is 1. The number of alkyl halides is 3. The van der Waals surface area contributed by atoms with Crippen LogP contribution in [0.15, 0.2) is 24.3 Å². The first kappa shape index (κ1) is 17.3. The third-order valence-electron chi connectivity index (χ3n) is 3.72. The molecule has 1 saturated heterocycles. The largest absolute Gasteiger partial charge is 0.397 e. The number of rotatable bonds is 5. The number of likely N-dealkylation sites (tertiary alicyclic amines) is 1. The van der Waals surface area contributed by atoms with E-state index in [2.05, 4.69) is 5.32 Å². The molecule has 2 amide bonds. The van der Waals surface area contributed by atoms with Gasteiger partial charge in [0.05, 0.1) is 6.04 Å². The Morgan fingerprint density at radius 3 is 2.65 bits per heavy atom. The van der Waals surface area contributed by atoms with Crippen LogP contribution in [0.1, 0.15) is 24.8 Å². The Bertz CT molecular complexity index is 590. The number of hydrogen-bond donors (Lipinski definition) is 2. The highest BCUT2D eigenvalue weighted by molar-refractivity contribution is 5.91. The van der Waals surface area contributed by atoms with E-state index in [0.29, 0.717) is 30.8 Å². The molecule has 1 aliphatic rings. The zero-order valence-corrected chi connectivity index (χ0v) is 12.4. The first-order valence-corrected chi connectivity index (χ1v) is 7.24. The summed E-state index contributed by atoms with van der Waals surface area (Å²) in [7, 11) is 0. The lowest BCUT2D eigenvalue weighted by atomic mass is 10.1. The normalized spacial score (nSPS) is 18.8. The second kappa shape index (κ2) is 6.99. The number of carbonyl (C=O) groups excluding carboxylic acids is 2. The van der Waals surface area contributed by atoms with E-state index in [0.717, 1.165) is 6.42 Å². The van der Waals surface area contributed by atoms with Crippen molar-refractivity contribution in [3.05, 3.63) is 29.8 Å². The van der Waals surface area contributed by atoms with Gasteiger partial charge in [0.25, 0.3) is 0 Å². The van der Waals surface area contributed by atoms with E-state index < -0.39 is 24.4 Å². The molecule has 1 fully saturated rings. The molecule has 0 bridgehead atoms. The Balaban J connectivity index is 2.08. The van der Waals surface area contributed by atoms with E-state index >= 15 is 0 Å².